The predicted octanol–water partition coefficient (Wildman–Crippen LogP) is 2.91. The number of hydrogen-bond acceptors (Lipinski definition) is 7. The number of benzene rings is 1. The van der Waals surface area contributed by atoms with Crippen LogP contribution in [-0.4, -0.2) is 55.6 Å². The Kier molecular flexibility index (Phi) is 6.59. The highest BCUT2D eigenvalue weighted by atomic mass is 16.5. The number of ether oxygens (including phenoxy) is 1. The molecule has 0 amide bonds. The molecular weight excluding hydrogens is 340 g/mol. The Hall–Kier alpha value is -2.67. The van der Waals surface area contributed by atoms with E-state index < -0.39 is 0 Å². The van der Waals surface area contributed by atoms with E-state index in [1.165, 1.54) is 5.69 Å². The molecule has 1 aromatic carbocycles. The van der Waals surface area contributed by atoms with Gasteiger partial charge in [0.05, 0.1) is 19.4 Å². The molecule has 1 N–H and O–H groups in total. The van der Waals surface area contributed by atoms with Gasteiger partial charge in [0.25, 0.3) is 0 Å². The third-order valence-electron chi connectivity index (χ3n) is 4.55. The third kappa shape index (κ3) is 5.17. The first-order chi connectivity index (χ1) is 13.2. The van der Waals surface area contributed by atoms with E-state index in [1.54, 1.807) is 6.21 Å². The molecule has 1 aromatic heterocycles. The van der Waals surface area contributed by atoms with E-state index in [-0.39, 0.29) is 0 Å². The normalized spacial score (nSPS) is 14.6. The maximum absolute atomic E-state index is 5.39. The molecule has 1 saturated heterocycles. The number of aryl methyl sites for hydroxylation is 1. The van der Waals surface area contributed by atoms with Gasteiger partial charge in [-0.3, -0.25) is 5.43 Å². The number of aromatic nitrogens is 2. The highest BCUT2D eigenvalue weighted by molar-refractivity contribution is 5.80. The summed E-state index contributed by atoms with van der Waals surface area (Å²) in [5, 5.41) is 4.33. The molecule has 2 aromatic rings. The van der Waals surface area contributed by atoms with Crippen LogP contribution in [0.1, 0.15) is 25.1 Å². The molecule has 0 unspecified atom stereocenters. The van der Waals surface area contributed by atoms with Crippen LogP contribution >= 0.6 is 0 Å². The molecule has 0 radical (unpaired) electrons. The number of nitrogens with zero attached hydrogens (tertiary/aromatic N) is 5. The summed E-state index contributed by atoms with van der Waals surface area (Å²) in [6.07, 6.45) is 1.80. The van der Waals surface area contributed by atoms with Gasteiger partial charge in [0.2, 0.25) is 5.95 Å². The first-order valence-corrected chi connectivity index (χ1v) is 9.52. The lowest BCUT2D eigenvalue weighted by molar-refractivity contribution is 0.122. The summed E-state index contributed by atoms with van der Waals surface area (Å²) in [6.45, 7) is 11.3. The Morgan fingerprint density at radius 1 is 1.15 bits per heavy atom. The summed E-state index contributed by atoms with van der Waals surface area (Å²) < 4.78 is 5.39. The summed E-state index contributed by atoms with van der Waals surface area (Å²) in [6, 6.07) is 10.3. The molecule has 0 atom stereocenters. The van der Waals surface area contributed by atoms with Crippen molar-refractivity contribution in [2.45, 2.75) is 20.8 Å². The Bertz CT molecular complexity index is 752. The predicted molar refractivity (Wildman–Crippen MR) is 111 cm³/mol. The van der Waals surface area contributed by atoms with Gasteiger partial charge in [0.1, 0.15) is 0 Å². The van der Waals surface area contributed by atoms with Gasteiger partial charge < -0.3 is 14.5 Å². The maximum Gasteiger partial charge on any atom is 0.227 e. The van der Waals surface area contributed by atoms with E-state index in [9.17, 15) is 0 Å². The average Bonchev–Trinajstić information content (AvgIpc) is 2.70. The smallest absolute Gasteiger partial charge is 0.227 e. The van der Waals surface area contributed by atoms with Crippen molar-refractivity contribution in [2.75, 3.05) is 54.6 Å². The zero-order valence-electron chi connectivity index (χ0n) is 16.4. The lowest BCUT2D eigenvalue weighted by Gasteiger charge is -2.27. The maximum atomic E-state index is 5.39. The largest absolute Gasteiger partial charge is 0.378 e. The van der Waals surface area contributed by atoms with Gasteiger partial charge in [0, 0.05) is 43.6 Å². The van der Waals surface area contributed by atoms with Gasteiger partial charge in [-0.05, 0) is 38.5 Å². The standard InChI is InChI=1S/C20H28N6O/c1-4-25(5-2)18-8-6-17(7-9-18)15-21-24-19-14-16(3)22-20(23-19)26-10-12-27-13-11-26/h6-9,14-15H,4-5,10-13H2,1-3H3,(H,22,23,24). The summed E-state index contributed by atoms with van der Waals surface area (Å²) >= 11 is 0. The molecule has 0 bridgehead atoms. The van der Waals surface area contributed by atoms with Crippen molar-refractivity contribution >= 4 is 23.7 Å². The Morgan fingerprint density at radius 3 is 2.52 bits per heavy atom. The van der Waals surface area contributed by atoms with Crippen molar-refractivity contribution in [2.24, 2.45) is 5.10 Å². The summed E-state index contributed by atoms with van der Waals surface area (Å²) in [7, 11) is 0. The first kappa shape index (κ1) is 19.1. The van der Waals surface area contributed by atoms with Crippen molar-refractivity contribution in [1.82, 2.24) is 9.97 Å². The molecule has 0 aliphatic carbocycles. The fourth-order valence-corrected chi connectivity index (χ4v) is 3.05. The second-order valence-electron chi connectivity index (χ2n) is 6.43. The second kappa shape index (κ2) is 9.32. The molecule has 2 heterocycles. The molecule has 7 heteroatoms. The number of rotatable bonds is 7. The van der Waals surface area contributed by atoms with Crippen LogP contribution in [0.2, 0.25) is 0 Å². The van der Waals surface area contributed by atoms with Crippen LogP contribution < -0.4 is 15.2 Å². The van der Waals surface area contributed by atoms with Crippen LogP contribution in [0, 0.1) is 6.92 Å². The topological polar surface area (TPSA) is 65.9 Å². The van der Waals surface area contributed by atoms with Gasteiger partial charge in [-0.25, -0.2) is 4.98 Å². The summed E-state index contributed by atoms with van der Waals surface area (Å²) in [5.41, 5.74) is 6.20. The zero-order chi connectivity index (χ0) is 19.1. The molecule has 3 rings (SSSR count). The minimum atomic E-state index is 0.694. The average molecular weight is 368 g/mol. The van der Waals surface area contributed by atoms with Crippen molar-refractivity contribution in [3.63, 3.8) is 0 Å². The number of hydrazone groups is 1. The lowest BCUT2D eigenvalue weighted by Crippen LogP contribution is -2.37. The van der Waals surface area contributed by atoms with Crippen LogP contribution in [0.5, 0.6) is 0 Å². The molecule has 1 aliphatic heterocycles. The molecule has 7 nitrogen and oxygen atoms in total. The first-order valence-electron chi connectivity index (χ1n) is 9.52. The van der Waals surface area contributed by atoms with Gasteiger partial charge in [0.15, 0.2) is 5.82 Å². The van der Waals surface area contributed by atoms with Crippen molar-refractivity contribution in [1.29, 1.82) is 0 Å². The molecule has 0 saturated carbocycles. The van der Waals surface area contributed by atoms with Crippen LogP contribution in [0.15, 0.2) is 35.4 Å². The van der Waals surface area contributed by atoms with Crippen molar-refractivity contribution < 1.29 is 4.74 Å². The Balaban J connectivity index is 1.64. The molecule has 1 aliphatic rings. The number of nitrogens with one attached hydrogen (secondary N) is 1. The highest BCUT2D eigenvalue weighted by Crippen LogP contribution is 2.16. The van der Waals surface area contributed by atoms with E-state index in [1.807, 2.05) is 13.0 Å². The molecule has 0 spiro atoms. The van der Waals surface area contributed by atoms with Crippen molar-refractivity contribution in [3.8, 4) is 0 Å². The monoisotopic (exact) mass is 368 g/mol. The van der Waals surface area contributed by atoms with E-state index in [2.05, 4.69) is 68.4 Å². The Labute approximate surface area is 161 Å². The molecule has 27 heavy (non-hydrogen) atoms. The number of anilines is 3. The molecular formula is C20H28N6O. The van der Waals surface area contributed by atoms with Gasteiger partial charge >= 0.3 is 0 Å². The SMILES string of the molecule is CCN(CC)c1ccc(C=NNc2cc(C)nc(N3CCOCC3)n2)cc1. The van der Waals surface area contributed by atoms with Crippen LogP contribution in [0.3, 0.4) is 0 Å². The third-order valence-corrected chi connectivity index (χ3v) is 4.55. The minimum Gasteiger partial charge on any atom is -0.378 e. The molecule has 144 valence electrons. The summed E-state index contributed by atoms with van der Waals surface area (Å²) in [5.74, 6) is 1.42. The van der Waals surface area contributed by atoms with E-state index >= 15 is 0 Å². The highest BCUT2D eigenvalue weighted by Gasteiger charge is 2.14. The van der Waals surface area contributed by atoms with Gasteiger partial charge in [-0.2, -0.15) is 10.1 Å². The lowest BCUT2D eigenvalue weighted by atomic mass is 10.2. The van der Waals surface area contributed by atoms with Gasteiger partial charge in [-0.15, -0.1) is 0 Å². The molecule has 1 fully saturated rings. The van der Waals surface area contributed by atoms with Crippen LogP contribution in [0.4, 0.5) is 17.5 Å². The van der Waals surface area contributed by atoms with Crippen LogP contribution in [0.25, 0.3) is 0 Å². The number of morpholine rings is 1. The van der Waals surface area contributed by atoms with Crippen molar-refractivity contribution in [3.05, 3.63) is 41.6 Å². The Morgan fingerprint density at radius 2 is 1.85 bits per heavy atom. The van der Waals surface area contributed by atoms with E-state index in [4.69, 9.17) is 4.74 Å². The second-order valence-corrected chi connectivity index (χ2v) is 6.43. The number of hydrogen-bond donors (Lipinski definition) is 1. The quantitative estimate of drug-likeness (QED) is 0.599. The van der Waals surface area contributed by atoms with E-state index in [0.29, 0.717) is 19.0 Å². The minimum absolute atomic E-state index is 0.694. The van der Waals surface area contributed by atoms with Crippen LogP contribution in [-0.2, 0) is 4.74 Å². The summed E-state index contributed by atoms with van der Waals surface area (Å²) in [4.78, 5) is 13.6. The van der Waals surface area contributed by atoms with E-state index in [0.717, 1.165) is 43.4 Å². The fourth-order valence-electron chi connectivity index (χ4n) is 3.05. The zero-order valence-corrected chi connectivity index (χ0v) is 16.4. The van der Waals surface area contributed by atoms with Gasteiger partial charge in [-0.1, -0.05) is 12.1 Å². The fraction of sp³-hybridized carbons (Fsp3) is 0.450.